The first-order valence-corrected chi connectivity index (χ1v) is 6.78. The zero-order chi connectivity index (χ0) is 13.8. The molecule has 0 saturated heterocycles. The number of rotatable bonds is 5. The molecular weight excluding hydrogens is 250 g/mol. The van der Waals surface area contributed by atoms with Crippen LogP contribution in [0.25, 0.3) is 10.9 Å². The first kappa shape index (κ1) is 12.7. The van der Waals surface area contributed by atoms with Crippen LogP contribution in [-0.2, 0) is 13.0 Å². The number of pyridine rings is 1. The smallest absolute Gasteiger partial charge is 0.0827 e. The Labute approximate surface area is 117 Å². The highest BCUT2D eigenvalue weighted by Crippen LogP contribution is 2.17. The molecule has 2 aromatic heterocycles. The van der Waals surface area contributed by atoms with Crippen LogP contribution in [0.1, 0.15) is 17.7 Å². The fourth-order valence-corrected chi connectivity index (χ4v) is 2.28. The number of nitrogens with two attached hydrogens (primary N) is 1. The lowest BCUT2D eigenvalue weighted by atomic mass is 10.1. The van der Waals surface area contributed by atoms with Crippen LogP contribution in [0.4, 0.5) is 0 Å². The summed E-state index contributed by atoms with van der Waals surface area (Å²) in [5, 5.41) is 9.51. The molecule has 3 rings (SSSR count). The molecule has 0 aliphatic carbocycles. The van der Waals surface area contributed by atoms with Crippen molar-refractivity contribution in [2.45, 2.75) is 19.4 Å². The minimum atomic E-state index is 0.682. The summed E-state index contributed by atoms with van der Waals surface area (Å²) in [5.41, 5.74) is 8.71. The number of fused-ring (bicyclic) bond motifs is 1. The molecule has 0 radical (unpaired) electrons. The number of benzene rings is 1. The van der Waals surface area contributed by atoms with Crippen molar-refractivity contribution < 1.29 is 0 Å². The molecule has 0 aliphatic heterocycles. The highest BCUT2D eigenvalue weighted by Gasteiger charge is 2.05. The van der Waals surface area contributed by atoms with Crippen molar-refractivity contribution >= 4 is 10.9 Å². The third-order valence-corrected chi connectivity index (χ3v) is 3.29. The molecule has 0 aliphatic rings. The zero-order valence-electron chi connectivity index (χ0n) is 11.2. The van der Waals surface area contributed by atoms with Gasteiger partial charge in [-0.1, -0.05) is 23.4 Å². The number of aromatic nitrogens is 4. The Morgan fingerprint density at radius 3 is 2.95 bits per heavy atom. The number of nitrogens with zero attached hydrogens (tertiary/aromatic N) is 4. The van der Waals surface area contributed by atoms with Crippen LogP contribution < -0.4 is 5.73 Å². The normalized spacial score (nSPS) is 11.1. The molecule has 2 N–H and O–H groups in total. The number of aryl methyl sites for hydroxylation is 1. The Kier molecular flexibility index (Phi) is 3.69. The van der Waals surface area contributed by atoms with E-state index in [4.69, 9.17) is 5.73 Å². The summed E-state index contributed by atoms with van der Waals surface area (Å²) in [4.78, 5) is 4.37. The summed E-state index contributed by atoms with van der Waals surface area (Å²) in [7, 11) is 0. The Morgan fingerprint density at radius 1 is 1.15 bits per heavy atom. The largest absolute Gasteiger partial charge is 0.330 e. The van der Waals surface area contributed by atoms with Crippen molar-refractivity contribution in [3.8, 4) is 0 Å². The van der Waals surface area contributed by atoms with Gasteiger partial charge in [-0.2, -0.15) is 0 Å². The predicted molar refractivity (Wildman–Crippen MR) is 78.2 cm³/mol. The quantitative estimate of drug-likeness (QED) is 0.765. The van der Waals surface area contributed by atoms with Crippen molar-refractivity contribution in [3.05, 3.63) is 54.0 Å². The van der Waals surface area contributed by atoms with E-state index in [-0.39, 0.29) is 0 Å². The zero-order valence-corrected chi connectivity index (χ0v) is 11.2. The molecular formula is C15H17N5. The van der Waals surface area contributed by atoms with Crippen LogP contribution in [0.5, 0.6) is 0 Å². The topological polar surface area (TPSA) is 69.6 Å². The second-order valence-corrected chi connectivity index (χ2v) is 4.79. The molecule has 3 aromatic rings. The van der Waals surface area contributed by atoms with E-state index in [1.165, 1.54) is 5.56 Å². The van der Waals surface area contributed by atoms with E-state index in [9.17, 15) is 0 Å². The molecule has 0 bridgehead atoms. The number of para-hydroxylation sites is 1. The van der Waals surface area contributed by atoms with Gasteiger partial charge < -0.3 is 5.73 Å². The van der Waals surface area contributed by atoms with Gasteiger partial charge in [0.1, 0.15) is 0 Å². The molecule has 1 aromatic carbocycles. The van der Waals surface area contributed by atoms with Crippen LogP contribution >= 0.6 is 0 Å². The van der Waals surface area contributed by atoms with Crippen LogP contribution in [0.3, 0.4) is 0 Å². The molecule has 0 saturated carbocycles. The fraction of sp³-hybridized carbons (Fsp3) is 0.267. The Balaban J connectivity index is 1.84. The molecule has 0 amide bonds. The highest BCUT2D eigenvalue weighted by molar-refractivity contribution is 5.81. The molecule has 0 spiro atoms. The van der Waals surface area contributed by atoms with Crippen molar-refractivity contribution in [2.24, 2.45) is 5.73 Å². The summed E-state index contributed by atoms with van der Waals surface area (Å²) in [6.07, 6.45) is 5.65. The van der Waals surface area contributed by atoms with Crippen LogP contribution in [0.15, 0.2) is 42.7 Å². The van der Waals surface area contributed by atoms with Crippen LogP contribution in [0.2, 0.25) is 0 Å². The average molecular weight is 267 g/mol. The van der Waals surface area contributed by atoms with Crippen LogP contribution in [-0.4, -0.2) is 26.5 Å². The third kappa shape index (κ3) is 2.67. The SMILES string of the molecule is NCCCc1cn(Cc2ccnc3ccccc23)nn1. The van der Waals surface area contributed by atoms with E-state index in [0.29, 0.717) is 13.1 Å². The van der Waals surface area contributed by atoms with Crippen molar-refractivity contribution in [1.29, 1.82) is 0 Å². The number of hydrogen-bond donors (Lipinski definition) is 1. The van der Waals surface area contributed by atoms with Gasteiger partial charge in [0.15, 0.2) is 0 Å². The van der Waals surface area contributed by atoms with Gasteiger partial charge in [0, 0.05) is 17.8 Å². The maximum absolute atomic E-state index is 5.51. The second-order valence-electron chi connectivity index (χ2n) is 4.79. The molecule has 20 heavy (non-hydrogen) atoms. The first-order chi connectivity index (χ1) is 9.86. The van der Waals surface area contributed by atoms with Gasteiger partial charge in [-0.05, 0) is 37.1 Å². The molecule has 5 heteroatoms. The van der Waals surface area contributed by atoms with Gasteiger partial charge in [0.05, 0.1) is 17.8 Å². The summed E-state index contributed by atoms with van der Waals surface area (Å²) in [6, 6.07) is 10.2. The third-order valence-electron chi connectivity index (χ3n) is 3.29. The standard InChI is InChI=1S/C15H17N5/c16-8-3-4-13-11-20(19-18-13)10-12-7-9-17-15-6-2-1-5-14(12)15/h1-2,5-7,9,11H,3-4,8,10,16H2. The minimum absolute atomic E-state index is 0.682. The molecule has 5 nitrogen and oxygen atoms in total. The molecule has 102 valence electrons. The van der Waals surface area contributed by atoms with Gasteiger partial charge in [-0.15, -0.1) is 5.10 Å². The fourth-order valence-electron chi connectivity index (χ4n) is 2.28. The van der Waals surface area contributed by atoms with Gasteiger partial charge >= 0.3 is 0 Å². The average Bonchev–Trinajstić information content (AvgIpc) is 2.93. The van der Waals surface area contributed by atoms with E-state index in [1.54, 1.807) is 0 Å². The Morgan fingerprint density at radius 2 is 2.05 bits per heavy atom. The highest BCUT2D eigenvalue weighted by atomic mass is 15.4. The first-order valence-electron chi connectivity index (χ1n) is 6.78. The number of hydrogen-bond acceptors (Lipinski definition) is 4. The molecule has 0 atom stereocenters. The summed E-state index contributed by atoms with van der Waals surface area (Å²) < 4.78 is 1.87. The summed E-state index contributed by atoms with van der Waals surface area (Å²) in [5.74, 6) is 0. The van der Waals surface area contributed by atoms with E-state index in [0.717, 1.165) is 29.4 Å². The monoisotopic (exact) mass is 267 g/mol. The minimum Gasteiger partial charge on any atom is -0.330 e. The molecule has 2 heterocycles. The second kappa shape index (κ2) is 5.79. The lowest BCUT2D eigenvalue weighted by Gasteiger charge is -2.05. The van der Waals surface area contributed by atoms with Crippen molar-refractivity contribution in [3.63, 3.8) is 0 Å². The maximum Gasteiger partial charge on any atom is 0.0827 e. The molecule has 0 fully saturated rings. The maximum atomic E-state index is 5.51. The van der Waals surface area contributed by atoms with Crippen LogP contribution in [0, 0.1) is 0 Å². The van der Waals surface area contributed by atoms with E-state index < -0.39 is 0 Å². The van der Waals surface area contributed by atoms with Gasteiger partial charge in [-0.3, -0.25) is 4.98 Å². The van der Waals surface area contributed by atoms with E-state index >= 15 is 0 Å². The Hall–Kier alpha value is -2.27. The predicted octanol–water partition coefficient (Wildman–Crippen LogP) is 1.77. The van der Waals surface area contributed by atoms with Crippen molar-refractivity contribution in [2.75, 3.05) is 6.54 Å². The molecule has 0 unspecified atom stereocenters. The van der Waals surface area contributed by atoms with E-state index in [1.807, 2.05) is 41.3 Å². The lowest BCUT2D eigenvalue weighted by Crippen LogP contribution is -2.01. The van der Waals surface area contributed by atoms with Gasteiger partial charge in [0.2, 0.25) is 0 Å². The summed E-state index contributed by atoms with van der Waals surface area (Å²) >= 11 is 0. The Bertz CT molecular complexity index is 699. The van der Waals surface area contributed by atoms with Gasteiger partial charge in [0.25, 0.3) is 0 Å². The van der Waals surface area contributed by atoms with E-state index in [2.05, 4.69) is 21.4 Å². The van der Waals surface area contributed by atoms with Crippen molar-refractivity contribution in [1.82, 2.24) is 20.0 Å². The lowest BCUT2D eigenvalue weighted by molar-refractivity contribution is 0.651. The summed E-state index contributed by atoms with van der Waals surface area (Å²) in [6.45, 7) is 1.39. The van der Waals surface area contributed by atoms with Gasteiger partial charge in [-0.25, -0.2) is 4.68 Å².